The highest BCUT2D eigenvalue weighted by molar-refractivity contribution is 7.99. The molecule has 3 rings (SSSR count). The molecule has 1 aliphatic rings. The number of anilines is 2. The van der Waals surface area contributed by atoms with Crippen LogP contribution in [0.3, 0.4) is 0 Å². The summed E-state index contributed by atoms with van der Waals surface area (Å²) in [5.41, 5.74) is 3.47. The molecule has 2 aromatic rings. The Balaban J connectivity index is 2.09. The number of hydrazine groups is 1. The molecule has 2 heterocycles. The Hall–Kier alpha value is -1.53. The zero-order valence-electron chi connectivity index (χ0n) is 10.8. The molecule has 0 aliphatic carbocycles. The van der Waals surface area contributed by atoms with E-state index in [2.05, 4.69) is 33.4 Å². The van der Waals surface area contributed by atoms with Crippen molar-refractivity contribution in [2.75, 3.05) is 28.9 Å². The van der Waals surface area contributed by atoms with Crippen molar-refractivity contribution in [3.63, 3.8) is 0 Å². The smallest absolute Gasteiger partial charge is 0.239 e. The molecular formula is C13H17N5S. The fourth-order valence-electron chi connectivity index (χ4n) is 2.39. The molecule has 5 nitrogen and oxygen atoms in total. The number of nitrogens with one attached hydrogen (secondary N) is 1. The average Bonchev–Trinajstić information content (AvgIpc) is 2.99. The van der Waals surface area contributed by atoms with Crippen LogP contribution >= 0.6 is 11.8 Å². The monoisotopic (exact) mass is 275 g/mol. The second-order valence-corrected chi connectivity index (χ2v) is 5.81. The number of nitrogen functional groups attached to an aromatic ring is 1. The number of hydrogen-bond donors (Lipinski definition) is 2. The molecule has 0 saturated carbocycles. The predicted molar refractivity (Wildman–Crippen MR) is 81.5 cm³/mol. The van der Waals surface area contributed by atoms with Crippen LogP contribution in [0, 0.1) is 0 Å². The molecule has 0 amide bonds. The Morgan fingerprint density at radius 1 is 1.37 bits per heavy atom. The van der Waals surface area contributed by atoms with E-state index < -0.39 is 0 Å². The zero-order valence-corrected chi connectivity index (χ0v) is 11.7. The summed E-state index contributed by atoms with van der Waals surface area (Å²) in [6.07, 6.45) is 1.20. The van der Waals surface area contributed by atoms with E-state index in [1.807, 2.05) is 30.0 Å². The minimum absolute atomic E-state index is 0.464. The van der Waals surface area contributed by atoms with Crippen molar-refractivity contribution in [1.82, 2.24) is 9.97 Å². The van der Waals surface area contributed by atoms with Crippen molar-refractivity contribution in [3.8, 4) is 0 Å². The highest BCUT2D eigenvalue weighted by Gasteiger charge is 2.23. The number of thioether (sulfide) groups is 1. The fraction of sp³-hybridized carbons (Fsp3) is 0.385. The Kier molecular flexibility index (Phi) is 3.44. The first kappa shape index (κ1) is 12.5. The van der Waals surface area contributed by atoms with Crippen molar-refractivity contribution >= 4 is 34.4 Å². The topological polar surface area (TPSA) is 67.1 Å². The van der Waals surface area contributed by atoms with Crippen molar-refractivity contribution in [3.05, 3.63) is 24.3 Å². The van der Waals surface area contributed by atoms with Gasteiger partial charge in [-0.15, -0.1) is 0 Å². The summed E-state index contributed by atoms with van der Waals surface area (Å²) in [7, 11) is 2.10. The number of aromatic nitrogens is 2. The van der Waals surface area contributed by atoms with Crippen LogP contribution in [0.25, 0.3) is 10.9 Å². The van der Waals surface area contributed by atoms with E-state index in [9.17, 15) is 0 Å². The Morgan fingerprint density at radius 3 is 2.95 bits per heavy atom. The lowest BCUT2D eigenvalue weighted by molar-refractivity contribution is 0.694. The summed E-state index contributed by atoms with van der Waals surface area (Å²) < 4.78 is 0. The lowest BCUT2D eigenvalue weighted by Crippen LogP contribution is -2.32. The number of nitrogens with two attached hydrogens (primary N) is 1. The molecule has 1 atom stereocenters. The van der Waals surface area contributed by atoms with Gasteiger partial charge in [0, 0.05) is 24.2 Å². The third-order valence-corrected chi connectivity index (χ3v) is 4.64. The Bertz CT molecular complexity index is 582. The molecule has 1 aliphatic heterocycles. The second-order valence-electron chi connectivity index (χ2n) is 4.66. The van der Waals surface area contributed by atoms with Gasteiger partial charge in [-0.1, -0.05) is 12.1 Å². The summed E-state index contributed by atoms with van der Waals surface area (Å²) in [5.74, 6) is 9.26. The number of fused-ring (bicyclic) bond motifs is 1. The van der Waals surface area contributed by atoms with Crippen LogP contribution in [0.1, 0.15) is 6.42 Å². The molecule has 100 valence electrons. The molecule has 0 bridgehead atoms. The SMILES string of the molecule is CN(c1nc(NN)nc2ccccc12)C1CCSC1. The maximum absolute atomic E-state index is 5.47. The summed E-state index contributed by atoms with van der Waals surface area (Å²) in [5, 5.41) is 1.07. The van der Waals surface area contributed by atoms with Gasteiger partial charge < -0.3 is 4.90 Å². The zero-order chi connectivity index (χ0) is 13.2. The molecule has 1 fully saturated rings. The third-order valence-electron chi connectivity index (χ3n) is 3.50. The van der Waals surface area contributed by atoms with Crippen LogP contribution in [0.15, 0.2) is 24.3 Å². The largest absolute Gasteiger partial charge is 0.355 e. The molecular weight excluding hydrogens is 258 g/mol. The first-order chi connectivity index (χ1) is 9.29. The van der Waals surface area contributed by atoms with Gasteiger partial charge in [0.15, 0.2) is 0 Å². The summed E-state index contributed by atoms with van der Waals surface area (Å²) in [4.78, 5) is 11.2. The van der Waals surface area contributed by atoms with Gasteiger partial charge in [0.25, 0.3) is 0 Å². The number of para-hydroxylation sites is 1. The quantitative estimate of drug-likeness (QED) is 0.658. The maximum atomic E-state index is 5.47. The first-order valence-corrected chi connectivity index (χ1v) is 7.49. The summed E-state index contributed by atoms with van der Waals surface area (Å²) in [6.45, 7) is 0. The molecule has 3 N–H and O–H groups in total. The van der Waals surface area contributed by atoms with Crippen LogP contribution in [-0.4, -0.2) is 34.6 Å². The van der Waals surface area contributed by atoms with Gasteiger partial charge in [-0.2, -0.15) is 16.7 Å². The normalized spacial score (nSPS) is 18.7. The van der Waals surface area contributed by atoms with Gasteiger partial charge >= 0.3 is 0 Å². The third kappa shape index (κ3) is 2.33. The minimum Gasteiger partial charge on any atom is -0.355 e. The molecule has 1 saturated heterocycles. The van der Waals surface area contributed by atoms with Crippen molar-refractivity contribution in [1.29, 1.82) is 0 Å². The molecule has 1 unspecified atom stereocenters. The van der Waals surface area contributed by atoms with E-state index in [1.54, 1.807) is 0 Å². The van der Waals surface area contributed by atoms with Crippen LogP contribution in [0.4, 0.5) is 11.8 Å². The van der Waals surface area contributed by atoms with E-state index in [4.69, 9.17) is 5.84 Å². The minimum atomic E-state index is 0.464. The molecule has 6 heteroatoms. The lowest BCUT2D eigenvalue weighted by Gasteiger charge is -2.26. The van der Waals surface area contributed by atoms with Gasteiger partial charge in [-0.25, -0.2) is 10.8 Å². The van der Waals surface area contributed by atoms with Gasteiger partial charge in [0.1, 0.15) is 5.82 Å². The number of benzene rings is 1. The van der Waals surface area contributed by atoms with Crippen LogP contribution in [0.2, 0.25) is 0 Å². The van der Waals surface area contributed by atoms with Crippen LogP contribution in [-0.2, 0) is 0 Å². The molecule has 1 aromatic carbocycles. The molecule has 0 spiro atoms. The molecule has 0 radical (unpaired) electrons. The maximum Gasteiger partial charge on any atom is 0.239 e. The highest BCUT2D eigenvalue weighted by Crippen LogP contribution is 2.30. The number of hydrogen-bond acceptors (Lipinski definition) is 6. The summed E-state index contributed by atoms with van der Waals surface area (Å²) >= 11 is 2.00. The van der Waals surface area contributed by atoms with E-state index in [0.717, 1.165) is 22.5 Å². The van der Waals surface area contributed by atoms with E-state index in [0.29, 0.717) is 12.0 Å². The van der Waals surface area contributed by atoms with Gasteiger partial charge in [0.05, 0.1) is 5.52 Å². The Morgan fingerprint density at radius 2 is 2.21 bits per heavy atom. The van der Waals surface area contributed by atoms with E-state index in [-0.39, 0.29) is 0 Å². The first-order valence-electron chi connectivity index (χ1n) is 6.33. The van der Waals surface area contributed by atoms with Crippen molar-refractivity contribution in [2.45, 2.75) is 12.5 Å². The van der Waals surface area contributed by atoms with Crippen LogP contribution in [0.5, 0.6) is 0 Å². The van der Waals surface area contributed by atoms with Crippen molar-refractivity contribution < 1.29 is 0 Å². The van der Waals surface area contributed by atoms with Gasteiger partial charge in [0.2, 0.25) is 5.95 Å². The van der Waals surface area contributed by atoms with Crippen molar-refractivity contribution in [2.24, 2.45) is 5.84 Å². The fourth-order valence-corrected chi connectivity index (χ4v) is 3.66. The van der Waals surface area contributed by atoms with E-state index >= 15 is 0 Å². The standard InChI is InChI=1S/C13H17N5S/c1-18(9-6-7-19-8-9)12-10-4-2-3-5-11(10)15-13(16-12)17-14/h2-5,9H,6-8,14H2,1H3,(H,15,16,17). The highest BCUT2D eigenvalue weighted by atomic mass is 32.2. The summed E-state index contributed by atoms with van der Waals surface area (Å²) in [6, 6.07) is 8.57. The van der Waals surface area contributed by atoms with E-state index in [1.165, 1.54) is 12.2 Å². The van der Waals surface area contributed by atoms with Crippen LogP contribution < -0.4 is 16.2 Å². The lowest BCUT2D eigenvalue weighted by atomic mass is 10.2. The number of nitrogens with zero attached hydrogens (tertiary/aromatic N) is 3. The predicted octanol–water partition coefficient (Wildman–Crippen LogP) is 1.86. The van der Waals surface area contributed by atoms with Gasteiger partial charge in [-0.05, 0) is 24.3 Å². The van der Waals surface area contributed by atoms with Gasteiger partial charge in [-0.3, -0.25) is 5.43 Å². The molecule has 19 heavy (non-hydrogen) atoms. The second kappa shape index (κ2) is 5.22. The molecule has 1 aromatic heterocycles. The Labute approximate surface area is 116 Å². The average molecular weight is 275 g/mol. The number of rotatable bonds is 3.